The highest BCUT2D eigenvalue weighted by molar-refractivity contribution is 5.90. The third-order valence-corrected chi connectivity index (χ3v) is 4.80. The maximum atomic E-state index is 13.4. The predicted octanol–water partition coefficient (Wildman–Crippen LogP) is 4.36. The van der Waals surface area contributed by atoms with Crippen molar-refractivity contribution in [2.75, 3.05) is 12.0 Å². The molecule has 29 heavy (non-hydrogen) atoms. The number of anilines is 1. The van der Waals surface area contributed by atoms with Crippen LogP contribution in [0.4, 0.5) is 10.2 Å². The van der Waals surface area contributed by atoms with E-state index in [1.807, 2.05) is 37.6 Å². The van der Waals surface area contributed by atoms with Gasteiger partial charge in [0.2, 0.25) is 5.91 Å². The number of carbonyl (C=O) groups excluding carboxylic acids is 1. The first kappa shape index (κ1) is 19.1. The summed E-state index contributed by atoms with van der Waals surface area (Å²) in [4.78, 5) is 16.9. The van der Waals surface area contributed by atoms with E-state index in [-0.39, 0.29) is 17.1 Å². The number of benzene rings is 1. The number of rotatable bonds is 3. The highest BCUT2D eigenvalue weighted by atomic mass is 19.1. The normalized spacial score (nSPS) is 13.7. The van der Waals surface area contributed by atoms with Crippen LogP contribution in [0.1, 0.15) is 27.2 Å². The number of hydrazine groups is 1. The van der Waals surface area contributed by atoms with Crippen molar-refractivity contribution in [3.63, 3.8) is 0 Å². The molecule has 2 aromatic heterocycles. The Bertz CT molecular complexity index is 1020. The molecule has 150 valence electrons. The summed E-state index contributed by atoms with van der Waals surface area (Å²) in [6, 6.07) is 10.1. The Balaban J connectivity index is 1.77. The summed E-state index contributed by atoms with van der Waals surface area (Å²) in [5.74, 6) is 0.512. The fourth-order valence-electron chi connectivity index (χ4n) is 3.45. The summed E-state index contributed by atoms with van der Waals surface area (Å²) < 4.78 is 15.3. The Morgan fingerprint density at radius 3 is 2.41 bits per heavy atom. The quantitative estimate of drug-likeness (QED) is 0.718. The molecule has 6 nitrogen and oxygen atoms in total. The molecule has 1 aromatic carbocycles. The van der Waals surface area contributed by atoms with Gasteiger partial charge in [-0.25, -0.2) is 9.07 Å². The Morgan fingerprint density at radius 1 is 1.07 bits per heavy atom. The van der Waals surface area contributed by atoms with Gasteiger partial charge in [-0.3, -0.25) is 20.2 Å². The molecule has 0 saturated carbocycles. The number of hydrogen-bond donors (Lipinski definition) is 1. The van der Waals surface area contributed by atoms with Crippen molar-refractivity contribution >= 4 is 11.7 Å². The van der Waals surface area contributed by atoms with Gasteiger partial charge >= 0.3 is 0 Å². The molecule has 4 rings (SSSR count). The second kappa shape index (κ2) is 7.31. The van der Waals surface area contributed by atoms with Crippen molar-refractivity contribution in [3.05, 3.63) is 54.6 Å². The van der Waals surface area contributed by atoms with Gasteiger partial charge < -0.3 is 0 Å². The van der Waals surface area contributed by atoms with E-state index in [1.165, 1.54) is 12.1 Å². The van der Waals surface area contributed by atoms with Crippen molar-refractivity contribution in [1.82, 2.24) is 19.8 Å². The van der Waals surface area contributed by atoms with Crippen LogP contribution in [0.15, 0.2) is 48.8 Å². The molecule has 1 amide bonds. The SMILES string of the molecule is CC(C)(C)CC(=O)N1CCn2nc(-c3ccc(F)cc3)c(-c3ccncc3)c2N1. The average molecular weight is 393 g/mol. The van der Waals surface area contributed by atoms with Crippen LogP contribution < -0.4 is 5.43 Å². The number of nitrogens with one attached hydrogen (secondary N) is 1. The lowest BCUT2D eigenvalue weighted by atomic mass is 9.92. The van der Waals surface area contributed by atoms with Crippen molar-refractivity contribution in [2.45, 2.75) is 33.7 Å². The Hall–Kier alpha value is -3.22. The molecule has 3 aromatic rings. The van der Waals surface area contributed by atoms with Crippen LogP contribution in [0, 0.1) is 11.2 Å². The maximum absolute atomic E-state index is 13.4. The van der Waals surface area contributed by atoms with Gasteiger partial charge in [0.25, 0.3) is 0 Å². The van der Waals surface area contributed by atoms with E-state index < -0.39 is 0 Å². The number of amides is 1. The van der Waals surface area contributed by atoms with Gasteiger partial charge in [-0.05, 0) is 47.4 Å². The first-order valence-electron chi connectivity index (χ1n) is 9.66. The minimum absolute atomic E-state index is 0.0500. The number of hydrogen-bond acceptors (Lipinski definition) is 4. The number of pyridine rings is 1. The van der Waals surface area contributed by atoms with Gasteiger partial charge in [-0.15, -0.1) is 0 Å². The van der Waals surface area contributed by atoms with E-state index >= 15 is 0 Å². The zero-order chi connectivity index (χ0) is 20.6. The minimum Gasteiger partial charge on any atom is -0.279 e. The maximum Gasteiger partial charge on any atom is 0.241 e. The van der Waals surface area contributed by atoms with Crippen LogP contribution in [-0.4, -0.2) is 32.2 Å². The number of fused-ring (bicyclic) bond motifs is 1. The average Bonchev–Trinajstić information content (AvgIpc) is 3.06. The van der Waals surface area contributed by atoms with Gasteiger partial charge in [0.15, 0.2) is 5.82 Å². The Morgan fingerprint density at radius 2 is 1.76 bits per heavy atom. The molecule has 7 heteroatoms. The van der Waals surface area contributed by atoms with Crippen LogP contribution in [0.3, 0.4) is 0 Å². The van der Waals surface area contributed by atoms with E-state index in [0.29, 0.717) is 19.5 Å². The molecule has 0 spiro atoms. The van der Waals surface area contributed by atoms with Crippen molar-refractivity contribution in [1.29, 1.82) is 0 Å². The molecule has 1 N–H and O–H groups in total. The predicted molar refractivity (Wildman–Crippen MR) is 110 cm³/mol. The summed E-state index contributed by atoms with van der Waals surface area (Å²) in [5, 5.41) is 6.44. The second-order valence-electron chi connectivity index (χ2n) is 8.43. The van der Waals surface area contributed by atoms with E-state index in [9.17, 15) is 9.18 Å². The molecule has 0 unspecified atom stereocenters. The standard InChI is InChI=1S/C22H24FN5O/c1-22(2,3)14-18(29)27-12-13-28-21(26-27)19(15-8-10-24-11-9-15)20(25-28)16-4-6-17(23)7-5-16/h4-11,26H,12-14H2,1-3H3. The number of nitrogens with zero attached hydrogens (tertiary/aromatic N) is 4. The van der Waals surface area contributed by atoms with Crippen LogP contribution in [0.25, 0.3) is 22.4 Å². The van der Waals surface area contributed by atoms with Crippen LogP contribution in [0.5, 0.6) is 0 Å². The molecule has 0 saturated heterocycles. The lowest BCUT2D eigenvalue weighted by Gasteiger charge is -2.31. The second-order valence-corrected chi connectivity index (χ2v) is 8.43. The summed E-state index contributed by atoms with van der Waals surface area (Å²) >= 11 is 0. The smallest absolute Gasteiger partial charge is 0.241 e. The van der Waals surface area contributed by atoms with E-state index in [0.717, 1.165) is 28.2 Å². The van der Waals surface area contributed by atoms with Gasteiger partial charge in [0.1, 0.15) is 11.5 Å². The first-order valence-corrected chi connectivity index (χ1v) is 9.66. The monoisotopic (exact) mass is 393 g/mol. The molecule has 1 aliphatic rings. The first-order chi connectivity index (χ1) is 13.8. The molecule has 0 atom stereocenters. The topological polar surface area (TPSA) is 63.1 Å². The molecule has 0 fully saturated rings. The molecular weight excluding hydrogens is 369 g/mol. The number of carbonyl (C=O) groups is 1. The zero-order valence-corrected chi connectivity index (χ0v) is 16.8. The van der Waals surface area contributed by atoms with Crippen LogP contribution in [0.2, 0.25) is 0 Å². The lowest BCUT2D eigenvalue weighted by molar-refractivity contribution is -0.132. The van der Waals surface area contributed by atoms with E-state index in [2.05, 4.69) is 10.4 Å². The number of aromatic nitrogens is 3. The largest absolute Gasteiger partial charge is 0.279 e. The molecule has 0 bridgehead atoms. The van der Waals surface area contributed by atoms with E-state index in [4.69, 9.17) is 5.10 Å². The molecular formula is C22H24FN5O. The highest BCUT2D eigenvalue weighted by Crippen LogP contribution is 2.39. The van der Waals surface area contributed by atoms with Gasteiger partial charge in [-0.1, -0.05) is 20.8 Å². The summed E-state index contributed by atoms with van der Waals surface area (Å²) in [7, 11) is 0. The zero-order valence-electron chi connectivity index (χ0n) is 16.8. The lowest BCUT2D eigenvalue weighted by Crippen LogP contribution is -2.44. The van der Waals surface area contributed by atoms with Crippen molar-refractivity contribution in [2.24, 2.45) is 5.41 Å². The molecule has 0 aliphatic carbocycles. The fourth-order valence-corrected chi connectivity index (χ4v) is 3.45. The van der Waals surface area contributed by atoms with Gasteiger partial charge in [-0.2, -0.15) is 5.10 Å². The van der Waals surface area contributed by atoms with Crippen LogP contribution >= 0.6 is 0 Å². The number of halogens is 1. The highest BCUT2D eigenvalue weighted by Gasteiger charge is 2.29. The molecule has 1 aliphatic heterocycles. The summed E-state index contributed by atoms with van der Waals surface area (Å²) in [6.07, 6.45) is 3.89. The Kier molecular flexibility index (Phi) is 4.82. The van der Waals surface area contributed by atoms with Crippen molar-refractivity contribution in [3.8, 4) is 22.4 Å². The third-order valence-electron chi connectivity index (χ3n) is 4.80. The third kappa shape index (κ3) is 3.99. The van der Waals surface area contributed by atoms with E-state index in [1.54, 1.807) is 29.5 Å². The van der Waals surface area contributed by atoms with Gasteiger partial charge in [0, 0.05) is 24.4 Å². The van der Waals surface area contributed by atoms with Gasteiger partial charge in [0.05, 0.1) is 18.7 Å². The fraction of sp³-hybridized carbons (Fsp3) is 0.318. The molecule has 0 radical (unpaired) electrons. The van der Waals surface area contributed by atoms with Crippen molar-refractivity contribution < 1.29 is 9.18 Å². The summed E-state index contributed by atoms with van der Waals surface area (Å²) in [6.45, 7) is 7.26. The van der Waals surface area contributed by atoms with Crippen LogP contribution in [-0.2, 0) is 11.3 Å². The minimum atomic E-state index is -0.291. The molecule has 3 heterocycles. The Labute approximate surface area is 169 Å². The summed E-state index contributed by atoms with van der Waals surface area (Å²) in [5.41, 5.74) is 6.53.